The van der Waals surface area contributed by atoms with Crippen molar-refractivity contribution in [2.24, 2.45) is 0 Å². The molecule has 7 aromatic rings. The van der Waals surface area contributed by atoms with Crippen molar-refractivity contribution in [3.05, 3.63) is 216 Å². The predicted octanol–water partition coefficient (Wildman–Crippen LogP) is 10.9. The summed E-state index contributed by atoms with van der Waals surface area (Å²) in [4.78, 5) is 0. The first-order chi connectivity index (χ1) is 31.1. The van der Waals surface area contributed by atoms with Crippen molar-refractivity contribution in [2.75, 3.05) is 42.7 Å². The molecule has 0 saturated carbocycles. The van der Waals surface area contributed by atoms with Crippen molar-refractivity contribution in [2.45, 2.75) is 6.42 Å². The quantitative estimate of drug-likeness (QED) is 0.0957. The summed E-state index contributed by atoms with van der Waals surface area (Å²) >= 11 is 0. The Morgan fingerprint density at radius 2 is 0.714 bits per heavy atom. The number of hydrogen-bond acceptors (Lipinski definition) is 6. The molecular formula is C55H50O6P2. The van der Waals surface area contributed by atoms with Crippen molar-refractivity contribution in [1.29, 1.82) is 0 Å². The summed E-state index contributed by atoms with van der Waals surface area (Å²) in [5.74, 6) is 3.44. The van der Waals surface area contributed by atoms with Crippen LogP contribution in [0.1, 0.15) is 17.5 Å². The minimum atomic E-state index is -1.40. The van der Waals surface area contributed by atoms with Crippen molar-refractivity contribution in [3.63, 3.8) is 0 Å². The van der Waals surface area contributed by atoms with Crippen LogP contribution in [0.2, 0.25) is 0 Å². The summed E-state index contributed by atoms with van der Waals surface area (Å²) < 4.78 is 39.6. The molecule has 8 heteroatoms. The second kappa shape index (κ2) is 20.1. The molecule has 0 aromatic heterocycles. The van der Waals surface area contributed by atoms with Crippen LogP contribution in [0.15, 0.2) is 205 Å². The highest BCUT2D eigenvalue weighted by Crippen LogP contribution is 2.61. The molecule has 6 nitrogen and oxygen atoms in total. The molecule has 0 amide bonds. The van der Waals surface area contributed by atoms with Crippen LogP contribution in [0, 0.1) is 0 Å². The van der Waals surface area contributed by atoms with Crippen LogP contribution in [-0.2, 0) is 14.2 Å². The zero-order valence-electron chi connectivity index (χ0n) is 36.4. The minimum absolute atomic E-state index is 0.322. The molecule has 0 bridgehead atoms. The van der Waals surface area contributed by atoms with E-state index in [4.69, 9.17) is 28.4 Å². The Morgan fingerprint density at radius 3 is 1.11 bits per heavy atom. The first-order valence-corrected chi connectivity index (χ1v) is 23.4. The van der Waals surface area contributed by atoms with E-state index >= 15 is 0 Å². The van der Waals surface area contributed by atoms with Gasteiger partial charge in [-0.2, -0.15) is 0 Å². The Bertz CT molecular complexity index is 2660. The van der Waals surface area contributed by atoms with Gasteiger partial charge in [0.05, 0.1) is 49.1 Å². The fourth-order valence-electron chi connectivity index (χ4n) is 8.43. The lowest BCUT2D eigenvalue weighted by Crippen LogP contribution is -2.27. The molecule has 0 radical (unpaired) electrons. The summed E-state index contributed by atoms with van der Waals surface area (Å²) in [7, 11) is 7.46. The molecule has 0 spiro atoms. The minimum Gasteiger partial charge on any atom is -0.500 e. The van der Waals surface area contributed by atoms with Gasteiger partial charge >= 0.3 is 0 Å². The highest BCUT2D eigenvalue weighted by atomic mass is 31.1. The Balaban J connectivity index is 1.74. The zero-order chi connectivity index (χ0) is 43.7. The molecule has 63 heavy (non-hydrogen) atoms. The summed E-state index contributed by atoms with van der Waals surface area (Å²) in [6, 6.07) is 63.8. The fraction of sp³-hybridized carbons (Fsp3) is 0.127. The maximum absolute atomic E-state index is 6.80. The van der Waals surface area contributed by atoms with E-state index in [1.807, 2.05) is 12.1 Å². The Labute approximate surface area is 373 Å². The number of methoxy groups -OCH3 is 6. The second-order valence-corrected chi connectivity index (χ2v) is 18.8. The van der Waals surface area contributed by atoms with Gasteiger partial charge in [0.15, 0.2) is 17.3 Å². The molecule has 316 valence electrons. The number of ether oxygens (including phenoxy) is 6. The van der Waals surface area contributed by atoms with Gasteiger partial charge in [0, 0.05) is 32.9 Å². The van der Waals surface area contributed by atoms with Crippen molar-refractivity contribution in [1.82, 2.24) is 0 Å². The van der Waals surface area contributed by atoms with Gasteiger partial charge < -0.3 is 28.4 Å². The summed E-state index contributed by atoms with van der Waals surface area (Å²) in [6.45, 7) is 0. The summed E-state index contributed by atoms with van der Waals surface area (Å²) in [6.07, 6.45) is 0.322. The van der Waals surface area contributed by atoms with E-state index < -0.39 is 15.8 Å². The maximum Gasteiger partial charge on any atom is 0.204 e. The van der Waals surface area contributed by atoms with Crippen LogP contribution in [0.4, 0.5) is 0 Å². The monoisotopic (exact) mass is 868 g/mol. The molecule has 0 unspecified atom stereocenters. The number of hydrogen-bond donors (Lipinski definition) is 0. The van der Waals surface area contributed by atoms with E-state index in [0.717, 1.165) is 71.0 Å². The predicted molar refractivity (Wildman–Crippen MR) is 262 cm³/mol. The van der Waals surface area contributed by atoms with E-state index in [2.05, 4.69) is 170 Å². The molecule has 0 saturated heterocycles. The fourth-order valence-corrected chi connectivity index (χ4v) is 13.7. The lowest BCUT2D eigenvalue weighted by Gasteiger charge is -2.33. The van der Waals surface area contributed by atoms with Gasteiger partial charge in [-0.15, -0.1) is 0 Å². The van der Waals surface area contributed by atoms with E-state index in [-0.39, 0.29) is 0 Å². The van der Waals surface area contributed by atoms with Crippen LogP contribution in [0.5, 0.6) is 17.2 Å². The largest absolute Gasteiger partial charge is 0.500 e. The van der Waals surface area contributed by atoms with Gasteiger partial charge in [-0.05, 0) is 48.2 Å². The molecular weight excluding hydrogens is 819 g/mol. The first-order valence-electron chi connectivity index (χ1n) is 20.7. The van der Waals surface area contributed by atoms with Crippen LogP contribution in [0.25, 0.3) is 22.3 Å². The Kier molecular flexibility index (Phi) is 13.7. The molecule has 0 heterocycles. The number of benzene rings is 7. The Morgan fingerprint density at radius 1 is 0.333 bits per heavy atom. The molecule has 0 aliphatic heterocycles. The average molecular weight is 869 g/mol. The van der Waals surface area contributed by atoms with Crippen LogP contribution < -0.4 is 40.7 Å². The van der Waals surface area contributed by atoms with E-state index in [0.29, 0.717) is 35.2 Å². The van der Waals surface area contributed by atoms with E-state index in [9.17, 15) is 0 Å². The lowest BCUT2D eigenvalue weighted by molar-refractivity contribution is 0.209. The SMILES string of the molecule is COC1=C(OC)C(c2c(OC)c(OC)c(OC)c(-c3ccccc3)c2P(c2ccccc2)c2ccccc2)=C(P(c2ccccc2)c2ccccc2)C(c2ccccc2)=C(OC)C1. The number of allylic oxidation sites excluding steroid dienone is 3. The van der Waals surface area contributed by atoms with E-state index in [1.165, 1.54) is 0 Å². The molecule has 0 atom stereocenters. The summed E-state index contributed by atoms with van der Waals surface area (Å²) in [5.41, 5.74) is 5.40. The zero-order valence-corrected chi connectivity index (χ0v) is 38.2. The maximum atomic E-state index is 6.80. The van der Waals surface area contributed by atoms with Gasteiger partial charge in [0.25, 0.3) is 0 Å². The lowest BCUT2D eigenvalue weighted by atomic mass is 9.92. The molecule has 8 rings (SSSR count). The number of rotatable bonds is 15. The van der Waals surface area contributed by atoms with Gasteiger partial charge in [-0.25, -0.2) is 0 Å². The smallest absolute Gasteiger partial charge is 0.204 e. The second-order valence-electron chi connectivity index (χ2n) is 14.5. The van der Waals surface area contributed by atoms with Crippen molar-refractivity contribution >= 4 is 53.5 Å². The topological polar surface area (TPSA) is 55.4 Å². The van der Waals surface area contributed by atoms with Crippen LogP contribution in [0.3, 0.4) is 0 Å². The van der Waals surface area contributed by atoms with Gasteiger partial charge in [-0.1, -0.05) is 182 Å². The third-order valence-corrected chi connectivity index (χ3v) is 16.1. The highest BCUT2D eigenvalue weighted by Gasteiger charge is 2.41. The third-order valence-electron chi connectivity index (χ3n) is 11.1. The van der Waals surface area contributed by atoms with Crippen LogP contribution >= 0.6 is 15.8 Å². The van der Waals surface area contributed by atoms with Gasteiger partial charge in [-0.3, -0.25) is 0 Å². The molecule has 1 aliphatic carbocycles. The first kappa shape index (κ1) is 43.1. The van der Waals surface area contributed by atoms with E-state index in [1.54, 1.807) is 42.7 Å². The molecule has 0 fully saturated rings. The average Bonchev–Trinajstić information content (AvgIpc) is 3.49. The summed E-state index contributed by atoms with van der Waals surface area (Å²) in [5, 5.41) is 6.58. The third kappa shape index (κ3) is 8.37. The molecule has 0 N–H and O–H groups in total. The molecule has 1 aliphatic rings. The highest BCUT2D eigenvalue weighted by molar-refractivity contribution is 7.80. The van der Waals surface area contributed by atoms with Gasteiger partial charge in [0.1, 0.15) is 11.5 Å². The Hall–Kier alpha value is -6.58. The van der Waals surface area contributed by atoms with Crippen molar-refractivity contribution < 1.29 is 28.4 Å². The standard InChI is InChI=1S/C55H50O6P2/c1-56-44-37-45(57-2)50(58-3)48(54(46(44)38-25-13-7-14-26-38)62(40-29-17-9-18-30-40)41-31-19-10-20-32-41)49-52(60-5)53(61-6)51(59-4)47(39-27-15-8-16-28-39)55(49)63(42-33-21-11-22-34-42)43-35-23-12-24-36-43/h7-36H,37H2,1-6H3. The van der Waals surface area contributed by atoms with Gasteiger partial charge in [0.2, 0.25) is 5.75 Å². The van der Waals surface area contributed by atoms with Crippen molar-refractivity contribution in [3.8, 4) is 28.4 Å². The van der Waals surface area contributed by atoms with Crippen LogP contribution in [-0.4, -0.2) is 42.7 Å². The molecule has 7 aromatic carbocycles. The normalized spacial score (nSPS) is 13.0.